The minimum absolute atomic E-state index is 0.253. The number of hydrogen-bond donors (Lipinski definition) is 1. The van der Waals surface area contributed by atoms with Crippen molar-refractivity contribution in [1.82, 2.24) is 19.5 Å². The van der Waals surface area contributed by atoms with Crippen LogP contribution < -0.4 is 5.69 Å². The number of nitrogens with one attached hydrogen (secondary N) is 1. The summed E-state index contributed by atoms with van der Waals surface area (Å²) < 4.78 is 2.39. The molecule has 5 nitrogen and oxygen atoms in total. The molecule has 0 unspecified atom stereocenters. The van der Waals surface area contributed by atoms with Crippen molar-refractivity contribution in [3.8, 4) is 5.69 Å². The Bertz CT molecular complexity index is 822. The summed E-state index contributed by atoms with van der Waals surface area (Å²) in [5.74, 6) is 0.515. The summed E-state index contributed by atoms with van der Waals surface area (Å²) >= 11 is 9.48. The van der Waals surface area contributed by atoms with Gasteiger partial charge >= 0.3 is 5.69 Å². The molecule has 19 heavy (non-hydrogen) atoms. The van der Waals surface area contributed by atoms with Crippen molar-refractivity contribution in [2.45, 2.75) is 6.92 Å². The Morgan fingerprint density at radius 3 is 2.63 bits per heavy atom. The van der Waals surface area contributed by atoms with Crippen LogP contribution in [0.4, 0.5) is 0 Å². The molecule has 0 spiro atoms. The van der Waals surface area contributed by atoms with Crippen molar-refractivity contribution in [2.24, 2.45) is 0 Å². The van der Waals surface area contributed by atoms with Crippen LogP contribution in [0, 0.1) is 6.92 Å². The molecule has 7 heteroatoms. The van der Waals surface area contributed by atoms with E-state index >= 15 is 0 Å². The van der Waals surface area contributed by atoms with E-state index in [9.17, 15) is 4.79 Å². The zero-order valence-corrected chi connectivity index (χ0v) is 12.2. The van der Waals surface area contributed by atoms with Gasteiger partial charge in [0.1, 0.15) is 11.3 Å². The quantitative estimate of drug-likeness (QED) is 0.693. The zero-order valence-electron chi connectivity index (χ0n) is 9.82. The van der Waals surface area contributed by atoms with Crippen molar-refractivity contribution < 1.29 is 0 Å². The monoisotopic (exact) mass is 338 g/mol. The van der Waals surface area contributed by atoms with E-state index in [0.717, 1.165) is 4.47 Å². The molecule has 1 N–H and O–H groups in total. The number of aryl methyl sites for hydroxylation is 1. The molecule has 3 rings (SSSR count). The number of fused-ring (bicyclic) bond motifs is 1. The number of H-pyrrole nitrogens is 1. The summed E-state index contributed by atoms with van der Waals surface area (Å²) in [4.78, 5) is 23.0. The molecule has 1 aromatic carbocycles. The van der Waals surface area contributed by atoms with Crippen LogP contribution in [-0.2, 0) is 0 Å². The van der Waals surface area contributed by atoms with E-state index in [1.54, 1.807) is 6.92 Å². The Balaban J connectivity index is 2.38. The molecule has 0 aliphatic rings. The SMILES string of the molecule is Cc1nc(Cl)c2c(n1)[nH]c(=O)n2-c1ccc(Br)cc1. The Hall–Kier alpha value is -1.66. The third-order valence-corrected chi connectivity index (χ3v) is 3.48. The maximum atomic E-state index is 12.1. The van der Waals surface area contributed by atoms with E-state index in [0.29, 0.717) is 22.7 Å². The molecule has 0 atom stereocenters. The van der Waals surface area contributed by atoms with Crippen LogP contribution in [0.15, 0.2) is 33.5 Å². The highest BCUT2D eigenvalue weighted by Crippen LogP contribution is 2.22. The van der Waals surface area contributed by atoms with Gasteiger partial charge in [-0.15, -0.1) is 0 Å². The number of aromatic amines is 1. The zero-order chi connectivity index (χ0) is 13.6. The molecule has 0 fully saturated rings. The highest BCUT2D eigenvalue weighted by atomic mass is 79.9. The van der Waals surface area contributed by atoms with Gasteiger partial charge in [-0.25, -0.2) is 14.8 Å². The van der Waals surface area contributed by atoms with E-state index < -0.39 is 0 Å². The first-order chi connectivity index (χ1) is 9.06. The Kier molecular flexibility index (Phi) is 2.91. The number of aromatic nitrogens is 4. The largest absolute Gasteiger partial charge is 0.332 e. The average Bonchev–Trinajstić information content (AvgIpc) is 2.66. The minimum Gasteiger partial charge on any atom is -0.290 e. The third kappa shape index (κ3) is 2.06. The topological polar surface area (TPSA) is 63.6 Å². The van der Waals surface area contributed by atoms with Crippen LogP contribution in [-0.4, -0.2) is 19.5 Å². The van der Waals surface area contributed by atoms with E-state index in [4.69, 9.17) is 11.6 Å². The summed E-state index contributed by atoms with van der Waals surface area (Å²) in [6, 6.07) is 7.33. The molecule has 2 aromatic heterocycles. The number of benzene rings is 1. The molecule has 0 radical (unpaired) electrons. The molecule has 0 amide bonds. The summed E-state index contributed by atoms with van der Waals surface area (Å²) in [7, 11) is 0. The predicted octanol–water partition coefficient (Wildman–Crippen LogP) is 2.83. The van der Waals surface area contributed by atoms with Gasteiger partial charge in [-0.2, -0.15) is 0 Å². The second-order valence-electron chi connectivity index (χ2n) is 4.00. The lowest BCUT2D eigenvalue weighted by Gasteiger charge is -2.04. The fourth-order valence-corrected chi connectivity index (χ4v) is 2.47. The van der Waals surface area contributed by atoms with E-state index in [1.807, 2.05) is 24.3 Å². The van der Waals surface area contributed by atoms with Crippen LogP contribution in [0.1, 0.15) is 5.82 Å². The van der Waals surface area contributed by atoms with Gasteiger partial charge in [0.05, 0.1) is 5.69 Å². The first-order valence-electron chi connectivity index (χ1n) is 5.47. The highest BCUT2D eigenvalue weighted by Gasteiger charge is 2.14. The normalized spacial score (nSPS) is 11.1. The van der Waals surface area contributed by atoms with Crippen molar-refractivity contribution in [3.63, 3.8) is 0 Å². The van der Waals surface area contributed by atoms with Crippen LogP contribution >= 0.6 is 27.5 Å². The van der Waals surface area contributed by atoms with Crippen molar-refractivity contribution >= 4 is 38.7 Å². The van der Waals surface area contributed by atoms with Crippen LogP contribution in [0.5, 0.6) is 0 Å². The van der Waals surface area contributed by atoms with Gasteiger partial charge in [-0.3, -0.25) is 9.55 Å². The number of hydrogen-bond acceptors (Lipinski definition) is 3. The molecule has 2 heterocycles. The van der Waals surface area contributed by atoms with E-state index in [2.05, 4.69) is 30.9 Å². The van der Waals surface area contributed by atoms with Crippen molar-refractivity contribution in [1.29, 1.82) is 0 Å². The molecular weight excluding hydrogens is 332 g/mol. The third-order valence-electron chi connectivity index (χ3n) is 2.69. The van der Waals surface area contributed by atoms with Gasteiger partial charge < -0.3 is 0 Å². The number of rotatable bonds is 1. The number of imidazole rings is 1. The first kappa shape index (κ1) is 12.4. The van der Waals surface area contributed by atoms with Gasteiger partial charge in [0.15, 0.2) is 10.8 Å². The fourth-order valence-electron chi connectivity index (χ4n) is 1.91. The maximum absolute atomic E-state index is 12.1. The lowest BCUT2D eigenvalue weighted by molar-refractivity contribution is 1.01. The molecule has 0 aliphatic heterocycles. The van der Waals surface area contributed by atoms with Crippen LogP contribution in [0.3, 0.4) is 0 Å². The lowest BCUT2D eigenvalue weighted by atomic mass is 10.3. The summed E-state index contributed by atoms with van der Waals surface area (Å²) in [6.45, 7) is 1.72. The minimum atomic E-state index is -0.292. The van der Waals surface area contributed by atoms with Gasteiger partial charge in [-0.05, 0) is 31.2 Å². The van der Waals surface area contributed by atoms with E-state index in [-0.39, 0.29) is 10.8 Å². The molecule has 3 aromatic rings. The van der Waals surface area contributed by atoms with Crippen LogP contribution in [0.25, 0.3) is 16.9 Å². The Morgan fingerprint density at radius 1 is 1.26 bits per heavy atom. The smallest absolute Gasteiger partial charge is 0.290 e. The van der Waals surface area contributed by atoms with Gasteiger partial charge in [0, 0.05) is 4.47 Å². The molecule has 0 bridgehead atoms. The van der Waals surface area contributed by atoms with Gasteiger partial charge in [-0.1, -0.05) is 27.5 Å². The molecule has 0 saturated carbocycles. The lowest BCUT2D eigenvalue weighted by Crippen LogP contribution is -2.14. The summed E-state index contributed by atoms with van der Waals surface area (Å²) in [6.07, 6.45) is 0. The second-order valence-corrected chi connectivity index (χ2v) is 5.27. The van der Waals surface area contributed by atoms with E-state index in [1.165, 1.54) is 4.57 Å². The standard InChI is InChI=1S/C12H8BrClN4O/c1-6-15-10(14)9-11(16-6)17-12(19)18(9)8-4-2-7(13)3-5-8/h2-5H,1H3,(H,15,16,17,19). The molecule has 96 valence electrons. The Morgan fingerprint density at radius 2 is 1.95 bits per heavy atom. The number of halogens is 2. The Labute approximate surface area is 121 Å². The molecule has 0 saturated heterocycles. The van der Waals surface area contributed by atoms with Crippen molar-refractivity contribution in [3.05, 3.63) is 50.2 Å². The second kappa shape index (κ2) is 4.47. The first-order valence-corrected chi connectivity index (χ1v) is 6.64. The summed E-state index contributed by atoms with van der Waals surface area (Å²) in [5.41, 5.74) is 1.33. The maximum Gasteiger partial charge on any atom is 0.332 e. The van der Waals surface area contributed by atoms with Crippen LogP contribution in [0.2, 0.25) is 5.15 Å². The predicted molar refractivity (Wildman–Crippen MR) is 76.9 cm³/mol. The number of nitrogens with zero attached hydrogens (tertiary/aromatic N) is 3. The highest BCUT2D eigenvalue weighted by molar-refractivity contribution is 9.10. The average molecular weight is 340 g/mol. The van der Waals surface area contributed by atoms with Gasteiger partial charge in [0.2, 0.25) is 0 Å². The van der Waals surface area contributed by atoms with Gasteiger partial charge in [0.25, 0.3) is 0 Å². The molecular formula is C12H8BrClN4O. The fraction of sp³-hybridized carbons (Fsp3) is 0.0833. The molecule has 0 aliphatic carbocycles. The summed E-state index contributed by atoms with van der Waals surface area (Å²) in [5, 5.41) is 0.253. The van der Waals surface area contributed by atoms with Crippen molar-refractivity contribution in [2.75, 3.05) is 0 Å².